The summed E-state index contributed by atoms with van der Waals surface area (Å²) in [5.74, 6) is 0.166. The van der Waals surface area contributed by atoms with Crippen molar-refractivity contribution in [3.8, 4) is 0 Å². The summed E-state index contributed by atoms with van der Waals surface area (Å²) in [6, 6.07) is 7.58. The predicted octanol–water partition coefficient (Wildman–Crippen LogP) is 2.16. The lowest BCUT2D eigenvalue weighted by Crippen LogP contribution is -2.34. The molecule has 0 heterocycles. The maximum Gasteiger partial charge on any atom is 0.181 e. The Balaban J connectivity index is 2.36. The van der Waals surface area contributed by atoms with Crippen molar-refractivity contribution in [3.05, 3.63) is 29.8 Å². The predicted molar refractivity (Wildman–Crippen MR) is 73.4 cm³/mol. The third kappa shape index (κ3) is 2.19. The maximum absolute atomic E-state index is 12.7. The Morgan fingerprint density at radius 2 is 1.89 bits per heavy atom. The Bertz CT molecular complexity index is 524. The average Bonchev–Trinajstić information content (AvgIpc) is 2.71. The Labute approximate surface area is 110 Å². The first-order chi connectivity index (χ1) is 8.48. The van der Waals surface area contributed by atoms with Gasteiger partial charge in [0.2, 0.25) is 0 Å². The van der Waals surface area contributed by atoms with E-state index in [9.17, 15) is 8.42 Å². The van der Waals surface area contributed by atoms with Crippen molar-refractivity contribution in [3.63, 3.8) is 0 Å². The highest BCUT2D eigenvalue weighted by Crippen LogP contribution is 2.35. The highest BCUT2D eigenvalue weighted by Gasteiger charge is 2.41. The molecule has 0 radical (unpaired) electrons. The molecule has 3 nitrogen and oxygen atoms in total. The van der Waals surface area contributed by atoms with E-state index in [-0.39, 0.29) is 11.2 Å². The molecule has 1 aliphatic carbocycles. The van der Waals surface area contributed by atoms with E-state index in [2.05, 4.69) is 5.32 Å². The molecule has 3 unspecified atom stereocenters. The molecule has 0 amide bonds. The Morgan fingerprint density at radius 1 is 1.22 bits per heavy atom. The minimum absolute atomic E-state index is 0.166. The van der Waals surface area contributed by atoms with Crippen LogP contribution in [0.1, 0.15) is 25.3 Å². The molecule has 0 bridgehead atoms. The molecule has 100 valence electrons. The lowest BCUT2D eigenvalue weighted by molar-refractivity contribution is 0.453. The summed E-state index contributed by atoms with van der Waals surface area (Å²) in [6.45, 7) is 3.90. The summed E-state index contributed by atoms with van der Waals surface area (Å²) in [4.78, 5) is 0.499. The van der Waals surface area contributed by atoms with Crippen LogP contribution >= 0.6 is 0 Å². The van der Waals surface area contributed by atoms with Gasteiger partial charge in [0.15, 0.2) is 9.84 Å². The van der Waals surface area contributed by atoms with Gasteiger partial charge in [0.05, 0.1) is 10.1 Å². The number of rotatable bonds is 3. The fraction of sp³-hybridized carbons (Fsp3) is 0.571. The van der Waals surface area contributed by atoms with Crippen LogP contribution in [0.25, 0.3) is 0 Å². The van der Waals surface area contributed by atoms with E-state index >= 15 is 0 Å². The Morgan fingerprint density at radius 3 is 2.44 bits per heavy atom. The van der Waals surface area contributed by atoms with Crippen molar-refractivity contribution in [1.82, 2.24) is 5.32 Å². The summed E-state index contributed by atoms with van der Waals surface area (Å²) in [5, 5.41) is 2.96. The number of nitrogens with one attached hydrogen (secondary N) is 1. The smallest absolute Gasteiger partial charge is 0.181 e. The quantitative estimate of drug-likeness (QED) is 0.913. The zero-order valence-corrected chi connectivity index (χ0v) is 12.0. The third-order valence-corrected chi connectivity index (χ3v) is 6.69. The molecule has 1 fully saturated rings. The fourth-order valence-corrected chi connectivity index (χ4v) is 5.32. The van der Waals surface area contributed by atoms with Crippen molar-refractivity contribution in [2.45, 2.75) is 42.9 Å². The van der Waals surface area contributed by atoms with Gasteiger partial charge in [0.1, 0.15) is 0 Å². The lowest BCUT2D eigenvalue weighted by Gasteiger charge is -2.21. The van der Waals surface area contributed by atoms with E-state index in [0.29, 0.717) is 10.9 Å². The van der Waals surface area contributed by atoms with Crippen molar-refractivity contribution >= 4 is 9.84 Å². The van der Waals surface area contributed by atoms with Gasteiger partial charge in [-0.3, -0.25) is 0 Å². The molecular formula is C14H21NO2S. The fourth-order valence-electron chi connectivity index (χ4n) is 3.01. The SMILES string of the molecule is CNC1CCC(S(=O)(=O)c2ccccc2C)C1C. The number of hydrogen-bond acceptors (Lipinski definition) is 3. The highest BCUT2D eigenvalue weighted by molar-refractivity contribution is 7.92. The first-order valence-electron chi connectivity index (χ1n) is 6.45. The molecule has 0 aliphatic heterocycles. The lowest BCUT2D eigenvalue weighted by atomic mass is 10.1. The molecule has 4 heteroatoms. The molecule has 1 saturated carbocycles. The second-order valence-electron chi connectivity index (χ2n) is 5.18. The van der Waals surface area contributed by atoms with E-state index in [1.165, 1.54) is 0 Å². The van der Waals surface area contributed by atoms with Gasteiger partial charge in [0, 0.05) is 6.04 Å². The molecule has 0 spiro atoms. The largest absolute Gasteiger partial charge is 0.317 e. The van der Waals surface area contributed by atoms with Crippen molar-refractivity contribution in [2.75, 3.05) is 7.05 Å². The summed E-state index contributed by atoms with van der Waals surface area (Å²) >= 11 is 0. The molecule has 2 rings (SSSR count). The standard InChI is InChI=1S/C14H21NO2S/c1-10-6-4-5-7-13(10)18(16,17)14-9-8-12(15-3)11(14)2/h4-7,11-12,14-15H,8-9H2,1-3H3. The molecule has 1 aromatic carbocycles. The highest BCUT2D eigenvalue weighted by atomic mass is 32.2. The summed E-state index contributed by atoms with van der Waals surface area (Å²) < 4.78 is 25.4. The van der Waals surface area contributed by atoms with Gasteiger partial charge in [-0.1, -0.05) is 25.1 Å². The molecule has 1 N–H and O–H groups in total. The van der Waals surface area contributed by atoms with Crippen LogP contribution in [0.3, 0.4) is 0 Å². The number of sulfone groups is 1. The van der Waals surface area contributed by atoms with Crippen molar-refractivity contribution < 1.29 is 8.42 Å². The second-order valence-corrected chi connectivity index (χ2v) is 7.32. The van der Waals surface area contributed by atoms with Gasteiger partial charge in [-0.2, -0.15) is 0 Å². The number of benzene rings is 1. The number of aryl methyl sites for hydroxylation is 1. The average molecular weight is 267 g/mol. The van der Waals surface area contributed by atoms with Crippen LogP contribution in [0.4, 0.5) is 0 Å². The van der Waals surface area contributed by atoms with Crippen LogP contribution in [0.5, 0.6) is 0 Å². The molecule has 0 saturated heterocycles. The summed E-state index contributed by atoms with van der Waals surface area (Å²) in [6.07, 6.45) is 1.69. The zero-order chi connectivity index (χ0) is 13.3. The summed E-state index contributed by atoms with van der Waals surface area (Å²) in [5.41, 5.74) is 0.845. The topological polar surface area (TPSA) is 46.2 Å². The Kier molecular flexibility index (Phi) is 3.78. The minimum atomic E-state index is -3.20. The monoisotopic (exact) mass is 267 g/mol. The Hall–Kier alpha value is -0.870. The summed E-state index contributed by atoms with van der Waals surface area (Å²) in [7, 11) is -1.29. The number of hydrogen-bond donors (Lipinski definition) is 1. The van der Waals surface area contributed by atoms with Gasteiger partial charge >= 0.3 is 0 Å². The van der Waals surface area contributed by atoms with Crippen LogP contribution in [-0.2, 0) is 9.84 Å². The van der Waals surface area contributed by atoms with E-state index in [0.717, 1.165) is 18.4 Å². The normalized spacial score (nSPS) is 28.5. The van der Waals surface area contributed by atoms with Gasteiger partial charge in [0.25, 0.3) is 0 Å². The van der Waals surface area contributed by atoms with Crippen molar-refractivity contribution in [1.29, 1.82) is 0 Å². The van der Waals surface area contributed by atoms with Gasteiger partial charge in [-0.15, -0.1) is 0 Å². The van der Waals surface area contributed by atoms with Crippen LogP contribution in [0.15, 0.2) is 29.2 Å². The molecule has 0 aromatic heterocycles. The van der Waals surface area contributed by atoms with Crippen molar-refractivity contribution in [2.24, 2.45) is 5.92 Å². The molecule has 1 aliphatic rings. The zero-order valence-electron chi connectivity index (χ0n) is 11.2. The van der Waals surface area contributed by atoms with Gasteiger partial charge in [-0.05, 0) is 44.4 Å². The van der Waals surface area contributed by atoms with Gasteiger partial charge in [-0.25, -0.2) is 8.42 Å². The first-order valence-corrected chi connectivity index (χ1v) is 8.00. The van der Waals surface area contributed by atoms with Crippen LogP contribution < -0.4 is 5.32 Å². The van der Waals surface area contributed by atoms with E-state index < -0.39 is 9.84 Å². The van der Waals surface area contributed by atoms with E-state index in [1.54, 1.807) is 12.1 Å². The van der Waals surface area contributed by atoms with Gasteiger partial charge < -0.3 is 5.32 Å². The third-order valence-electron chi connectivity index (χ3n) is 4.15. The van der Waals surface area contributed by atoms with Crippen LogP contribution in [0.2, 0.25) is 0 Å². The maximum atomic E-state index is 12.7. The van der Waals surface area contributed by atoms with E-state index in [1.807, 2.05) is 33.0 Å². The molecule has 18 heavy (non-hydrogen) atoms. The molecule has 3 atom stereocenters. The molecular weight excluding hydrogens is 246 g/mol. The second kappa shape index (κ2) is 5.02. The first kappa shape index (κ1) is 13.6. The minimum Gasteiger partial charge on any atom is -0.317 e. The van der Waals surface area contributed by atoms with E-state index in [4.69, 9.17) is 0 Å². The van der Waals surface area contributed by atoms with Crippen LogP contribution in [0, 0.1) is 12.8 Å². The van der Waals surface area contributed by atoms with Crippen LogP contribution in [-0.4, -0.2) is 26.8 Å². The molecule has 1 aromatic rings.